The second kappa shape index (κ2) is 4.43. The molecule has 0 aliphatic heterocycles. The Balaban J connectivity index is 3.47. The molecule has 4 heteroatoms. The topological polar surface area (TPSA) is 95.2 Å². The van der Waals surface area contributed by atoms with Gasteiger partial charge in [-0.3, -0.25) is 0 Å². The molecular formula is C11H4N4. The van der Waals surface area contributed by atoms with Gasteiger partial charge in [0.05, 0.1) is 35.2 Å². The fourth-order valence-corrected chi connectivity index (χ4v) is 1.17. The lowest BCUT2D eigenvalue weighted by Gasteiger charge is -2.00. The first kappa shape index (κ1) is 10.3. The molecule has 0 unspecified atom stereocenters. The zero-order valence-electron chi connectivity index (χ0n) is 7.65. The summed E-state index contributed by atoms with van der Waals surface area (Å²) in [7, 11) is 0. The molecular weight excluding hydrogens is 188 g/mol. The van der Waals surface area contributed by atoms with Gasteiger partial charge in [0, 0.05) is 0 Å². The van der Waals surface area contributed by atoms with Crippen molar-refractivity contribution in [3.05, 3.63) is 34.4 Å². The molecule has 15 heavy (non-hydrogen) atoms. The van der Waals surface area contributed by atoms with Crippen LogP contribution in [-0.2, 0) is 6.42 Å². The fraction of sp³-hybridized carbons (Fsp3) is 0.0909. The van der Waals surface area contributed by atoms with E-state index < -0.39 is 0 Å². The number of hydrogen-bond acceptors (Lipinski definition) is 4. The normalized spacial score (nSPS) is 8.00. The van der Waals surface area contributed by atoms with E-state index in [1.807, 2.05) is 24.3 Å². The summed E-state index contributed by atoms with van der Waals surface area (Å²) in [4.78, 5) is 0. The van der Waals surface area contributed by atoms with E-state index in [4.69, 9.17) is 21.0 Å². The van der Waals surface area contributed by atoms with Gasteiger partial charge in [-0.05, 0) is 17.7 Å². The summed E-state index contributed by atoms with van der Waals surface area (Å²) < 4.78 is 0. The van der Waals surface area contributed by atoms with E-state index in [1.54, 1.807) is 0 Å². The van der Waals surface area contributed by atoms with Crippen LogP contribution in [0.2, 0.25) is 0 Å². The minimum Gasteiger partial charge on any atom is -0.198 e. The van der Waals surface area contributed by atoms with Gasteiger partial charge >= 0.3 is 0 Å². The van der Waals surface area contributed by atoms with E-state index in [-0.39, 0.29) is 23.1 Å². The third-order valence-corrected chi connectivity index (χ3v) is 1.87. The third-order valence-electron chi connectivity index (χ3n) is 1.87. The van der Waals surface area contributed by atoms with Crippen molar-refractivity contribution in [2.45, 2.75) is 6.42 Å². The maximum Gasteiger partial charge on any atom is 0.101 e. The monoisotopic (exact) mass is 192 g/mol. The maximum absolute atomic E-state index is 8.78. The number of hydrogen-bond donors (Lipinski definition) is 0. The van der Waals surface area contributed by atoms with Crippen molar-refractivity contribution in [3.63, 3.8) is 0 Å². The summed E-state index contributed by atoms with van der Waals surface area (Å²) in [6, 6.07) is 10.2. The van der Waals surface area contributed by atoms with Crippen LogP contribution in [0, 0.1) is 45.3 Å². The lowest BCUT2D eigenvalue weighted by atomic mass is 9.98. The second-order valence-electron chi connectivity index (χ2n) is 2.73. The van der Waals surface area contributed by atoms with Crippen molar-refractivity contribution in [2.75, 3.05) is 0 Å². The lowest BCUT2D eigenvalue weighted by molar-refractivity contribution is 1.23. The smallest absolute Gasteiger partial charge is 0.101 e. The van der Waals surface area contributed by atoms with Crippen molar-refractivity contribution in [2.24, 2.45) is 0 Å². The molecule has 0 amide bonds. The molecule has 1 aromatic rings. The first-order valence-electron chi connectivity index (χ1n) is 4.01. The molecule has 0 aromatic heterocycles. The number of nitrogens with zero attached hydrogens (tertiary/aromatic N) is 4. The van der Waals surface area contributed by atoms with E-state index in [9.17, 15) is 0 Å². The molecule has 68 valence electrons. The van der Waals surface area contributed by atoms with E-state index in [1.165, 1.54) is 12.1 Å². The zero-order chi connectivity index (χ0) is 11.3. The molecule has 1 rings (SSSR count). The Morgan fingerprint density at radius 1 is 0.800 bits per heavy atom. The maximum atomic E-state index is 8.78. The van der Waals surface area contributed by atoms with Crippen molar-refractivity contribution >= 4 is 0 Å². The fourth-order valence-electron chi connectivity index (χ4n) is 1.17. The molecule has 0 spiro atoms. The van der Waals surface area contributed by atoms with Crippen LogP contribution in [0.1, 0.15) is 22.3 Å². The van der Waals surface area contributed by atoms with Crippen molar-refractivity contribution in [1.82, 2.24) is 0 Å². The third kappa shape index (κ3) is 1.92. The van der Waals surface area contributed by atoms with Crippen LogP contribution in [-0.4, -0.2) is 0 Å². The first-order chi connectivity index (χ1) is 7.26. The highest BCUT2D eigenvalue weighted by Gasteiger charge is 2.08. The van der Waals surface area contributed by atoms with E-state index in [0.717, 1.165) is 0 Å². The summed E-state index contributed by atoms with van der Waals surface area (Å²) in [5, 5.41) is 34.8. The summed E-state index contributed by atoms with van der Waals surface area (Å²) in [5.41, 5.74) is 1.11. The van der Waals surface area contributed by atoms with Crippen LogP contribution < -0.4 is 0 Å². The van der Waals surface area contributed by atoms with Crippen LogP contribution in [0.5, 0.6) is 0 Å². The van der Waals surface area contributed by atoms with Crippen LogP contribution in [0.25, 0.3) is 0 Å². The highest BCUT2D eigenvalue weighted by Crippen LogP contribution is 2.16. The molecule has 4 nitrogen and oxygen atoms in total. The molecule has 0 bridgehead atoms. The van der Waals surface area contributed by atoms with Gasteiger partial charge in [-0.2, -0.15) is 21.0 Å². The summed E-state index contributed by atoms with van der Waals surface area (Å²) >= 11 is 0. The number of benzene rings is 1. The Bertz CT molecular complexity index is 558. The van der Waals surface area contributed by atoms with Crippen molar-refractivity contribution in [3.8, 4) is 24.3 Å². The van der Waals surface area contributed by atoms with Crippen molar-refractivity contribution < 1.29 is 0 Å². The summed E-state index contributed by atoms with van der Waals surface area (Å²) in [6.45, 7) is 0. The van der Waals surface area contributed by atoms with Gasteiger partial charge in [0.25, 0.3) is 0 Å². The predicted octanol–water partition coefficient (Wildman–Crippen LogP) is 1.37. The average Bonchev–Trinajstić information content (AvgIpc) is 2.28. The van der Waals surface area contributed by atoms with Gasteiger partial charge in [0.2, 0.25) is 0 Å². The molecule has 0 aliphatic carbocycles. The SMILES string of the molecule is N#CCc1cc(C#N)c(C#N)cc1C#N. The Morgan fingerprint density at radius 3 is 1.80 bits per heavy atom. The molecule has 0 atom stereocenters. The zero-order valence-corrected chi connectivity index (χ0v) is 7.65. The molecule has 0 saturated carbocycles. The van der Waals surface area contributed by atoms with Gasteiger partial charge in [-0.25, -0.2) is 0 Å². The Morgan fingerprint density at radius 2 is 1.33 bits per heavy atom. The molecule has 0 N–H and O–H groups in total. The second-order valence-corrected chi connectivity index (χ2v) is 2.73. The number of rotatable bonds is 1. The highest BCUT2D eigenvalue weighted by molar-refractivity contribution is 5.54. The van der Waals surface area contributed by atoms with Gasteiger partial charge in [-0.15, -0.1) is 0 Å². The highest BCUT2D eigenvalue weighted by atomic mass is 14.3. The molecule has 0 heterocycles. The quantitative estimate of drug-likeness (QED) is 0.671. The molecule has 1 aromatic carbocycles. The van der Waals surface area contributed by atoms with Gasteiger partial charge in [0.15, 0.2) is 0 Å². The van der Waals surface area contributed by atoms with Gasteiger partial charge in [0.1, 0.15) is 12.1 Å². The Labute approximate surface area is 86.8 Å². The van der Waals surface area contributed by atoms with E-state index in [0.29, 0.717) is 5.56 Å². The van der Waals surface area contributed by atoms with Gasteiger partial charge in [-0.1, -0.05) is 0 Å². The standard InChI is InChI=1S/C11H4N4/c12-2-1-8-3-10(6-14)11(7-15)4-9(8)5-13/h3-4H,1H2. The van der Waals surface area contributed by atoms with Crippen molar-refractivity contribution in [1.29, 1.82) is 21.0 Å². The van der Waals surface area contributed by atoms with Crippen LogP contribution in [0.15, 0.2) is 12.1 Å². The molecule has 0 saturated heterocycles. The molecule has 0 fully saturated rings. The van der Waals surface area contributed by atoms with Crippen LogP contribution in [0.3, 0.4) is 0 Å². The largest absolute Gasteiger partial charge is 0.198 e. The predicted molar refractivity (Wildman–Crippen MR) is 49.9 cm³/mol. The van der Waals surface area contributed by atoms with Crippen LogP contribution >= 0.6 is 0 Å². The Hall–Kier alpha value is -2.82. The molecule has 0 aliphatic rings. The average molecular weight is 192 g/mol. The van der Waals surface area contributed by atoms with Crippen LogP contribution in [0.4, 0.5) is 0 Å². The van der Waals surface area contributed by atoms with E-state index >= 15 is 0 Å². The molecule has 0 radical (unpaired) electrons. The van der Waals surface area contributed by atoms with E-state index in [2.05, 4.69) is 0 Å². The minimum absolute atomic E-state index is 0.0588. The minimum atomic E-state index is 0.0588. The van der Waals surface area contributed by atoms with Gasteiger partial charge < -0.3 is 0 Å². The summed E-state index contributed by atoms with van der Waals surface area (Å²) in [5.74, 6) is 0. The summed E-state index contributed by atoms with van der Waals surface area (Å²) in [6.07, 6.45) is 0.0588. The Kier molecular flexibility index (Phi) is 3.03. The lowest BCUT2D eigenvalue weighted by Crippen LogP contribution is -1.94. The number of nitriles is 4. The first-order valence-corrected chi connectivity index (χ1v) is 4.01.